The minimum Gasteiger partial charge on any atom is -0.326 e. The number of hydrogen-bond acceptors (Lipinski definition) is 4. The molecule has 2 unspecified atom stereocenters. The van der Waals surface area contributed by atoms with E-state index in [4.69, 9.17) is 0 Å². The number of hydrogen-bond donors (Lipinski definition) is 3. The number of hydroxylamine groups is 1. The van der Waals surface area contributed by atoms with E-state index in [-0.39, 0.29) is 11.8 Å². The van der Waals surface area contributed by atoms with Crippen molar-refractivity contribution in [2.45, 2.75) is 63.5 Å². The van der Waals surface area contributed by atoms with E-state index < -0.39 is 24.0 Å². The van der Waals surface area contributed by atoms with Crippen molar-refractivity contribution in [2.24, 2.45) is 5.92 Å². The third kappa shape index (κ3) is 5.42. The topological polar surface area (TPSA) is 98.7 Å². The van der Waals surface area contributed by atoms with Crippen molar-refractivity contribution in [2.75, 3.05) is 0 Å². The van der Waals surface area contributed by atoms with E-state index in [0.717, 1.165) is 49.0 Å². The molecule has 0 bridgehead atoms. The molecule has 174 valence electrons. The monoisotopic (exact) mass is 449 g/mol. The fourth-order valence-electron chi connectivity index (χ4n) is 5.03. The molecule has 33 heavy (non-hydrogen) atoms. The lowest BCUT2D eigenvalue weighted by Gasteiger charge is -2.33. The average Bonchev–Trinajstić information content (AvgIpc) is 3.13. The van der Waals surface area contributed by atoms with Gasteiger partial charge in [0.05, 0.1) is 0 Å². The first-order valence-corrected chi connectivity index (χ1v) is 11.8. The van der Waals surface area contributed by atoms with E-state index in [0.29, 0.717) is 12.8 Å². The van der Waals surface area contributed by atoms with Crippen molar-refractivity contribution < 1.29 is 19.6 Å². The number of nitrogens with one attached hydrogen (secondary N) is 2. The van der Waals surface area contributed by atoms with Gasteiger partial charge in [-0.2, -0.15) is 0 Å². The fourth-order valence-corrected chi connectivity index (χ4v) is 5.03. The number of rotatable bonds is 8. The zero-order valence-corrected chi connectivity index (χ0v) is 18.7. The SMILES string of the molecule is O=C(NO)C(C1CCCCC1)N1C(=O)NC(CCc2ccc(Cc3ccccc3)cc2)C1=O. The van der Waals surface area contributed by atoms with Crippen molar-refractivity contribution >= 4 is 17.8 Å². The van der Waals surface area contributed by atoms with Crippen LogP contribution < -0.4 is 10.8 Å². The number of aryl methyl sites for hydroxylation is 1. The molecule has 1 aliphatic carbocycles. The Morgan fingerprint density at radius 2 is 1.61 bits per heavy atom. The van der Waals surface area contributed by atoms with E-state index in [1.807, 2.05) is 18.2 Å². The Balaban J connectivity index is 1.37. The summed E-state index contributed by atoms with van der Waals surface area (Å²) in [5, 5.41) is 12.0. The predicted octanol–water partition coefficient (Wildman–Crippen LogP) is 3.58. The van der Waals surface area contributed by atoms with Gasteiger partial charge in [-0.05, 0) is 54.7 Å². The van der Waals surface area contributed by atoms with Crippen molar-refractivity contribution in [1.29, 1.82) is 0 Å². The number of urea groups is 1. The molecule has 1 saturated carbocycles. The number of benzene rings is 2. The van der Waals surface area contributed by atoms with Gasteiger partial charge in [0.15, 0.2) is 0 Å². The summed E-state index contributed by atoms with van der Waals surface area (Å²) in [6, 6.07) is 16.4. The number of nitrogens with zero attached hydrogens (tertiary/aromatic N) is 1. The minimum absolute atomic E-state index is 0.128. The Hall–Kier alpha value is -3.19. The Kier molecular flexibility index (Phi) is 7.40. The molecule has 1 saturated heterocycles. The molecular weight excluding hydrogens is 418 g/mol. The van der Waals surface area contributed by atoms with Gasteiger partial charge in [-0.1, -0.05) is 73.9 Å². The van der Waals surface area contributed by atoms with Gasteiger partial charge in [0.1, 0.15) is 12.1 Å². The number of carbonyl (C=O) groups is 3. The third-order valence-electron chi connectivity index (χ3n) is 6.80. The zero-order chi connectivity index (χ0) is 23.2. The Morgan fingerprint density at radius 3 is 2.27 bits per heavy atom. The largest absolute Gasteiger partial charge is 0.326 e. The van der Waals surface area contributed by atoms with Crippen LogP contribution in [-0.2, 0) is 22.4 Å². The van der Waals surface area contributed by atoms with E-state index >= 15 is 0 Å². The zero-order valence-electron chi connectivity index (χ0n) is 18.7. The second kappa shape index (κ2) is 10.6. The van der Waals surface area contributed by atoms with Crippen LogP contribution in [0.25, 0.3) is 0 Å². The highest BCUT2D eigenvalue weighted by Crippen LogP contribution is 2.31. The van der Waals surface area contributed by atoms with Crippen LogP contribution in [0.5, 0.6) is 0 Å². The molecule has 2 aliphatic rings. The summed E-state index contributed by atoms with van der Waals surface area (Å²) in [4.78, 5) is 39.2. The van der Waals surface area contributed by atoms with E-state index in [1.165, 1.54) is 11.1 Å². The molecule has 1 heterocycles. The Labute approximate surface area is 194 Å². The van der Waals surface area contributed by atoms with Gasteiger partial charge in [0, 0.05) is 0 Å². The van der Waals surface area contributed by atoms with Gasteiger partial charge < -0.3 is 5.32 Å². The third-order valence-corrected chi connectivity index (χ3v) is 6.80. The fraction of sp³-hybridized carbons (Fsp3) is 0.423. The Bertz CT molecular complexity index is 971. The van der Waals surface area contributed by atoms with Gasteiger partial charge in [-0.15, -0.1) is 0 Å². The molecule has 3 N–H and O–H groups in total. The van der Waals surface area contributed by atoms with E-state index in [1.54, 1.807) is 5.48 Å². The number of imide groups is 1. The minimum atomic E-state index is -0.968. The van der Waals surface area contributed by atoms with Gasteiger partial charge >= 0.3 is 6.03 Å². The van der Waals surface area contributed by atoms with E-state index in [2.05, 4.69) is 41.7 Å². The van der Waals surface area contributed by atoms with Crippen LogP contribution in [0, 0.1) is 5.92 Å². The van der Waals surface area contributed by atoms with Crippen LogP contribution in [-0.4, -0.2) is 40.0 Å². The summed E-state index contributed by atoms with van der Waals surface area (Å²) >= 11 is 0. The first kappa shape index (κ1) is 23.0. The first-order valence-electron chi connectivity index (χ1n) is 11.8. The normalized spacial score (nSPS) is 19.9. The van der Waals surface area contributed by atoms with Crippen molar-refractivity contribution in [3.63, 3.8) is 0 Å². The summed E-state index contributed by atoms with van der Waals surface area (Å²) in [6.45, 7) is 0. The molecule has 0 radical (unpaired) electrons. The highest BCUT2D eigenvalue weighted by Gasteiger charge is 2.47. The van der Waals surface area contributed by atoms with Crippen LogP contribution in [0.3, 0.4) is 0 Å². The number of amides is 4. The van der Waals surface area contributed by atoms with Crippen molar-refractivity contribution in [3.05, 3.63) is 71.3 Å². The summed E-state index contributed by atoms with van der Waals surface area (Å²) in [5.41, 5.74) is 5.22. The molecule has 2 atom stereocenters. The summed E-state index contributed by atoms with van der Waals surface area (Å²) in [5.74, 6) is -1.21. The quantitative estimate of drug-likeness (QED) is 0.326. The summed E-state index contributed by atoms with van der Waals surface area (Å²) < 4.78 is 0. The second-order valence-corrected chi connectivity index (χ2v) is 9.05. The van der Waals surface area contributed by atoms with Crippen LogP contribution in [0.4, 0.5) is 4.79 Å². The van der Waals surface area contributed by atoms with Gasteiger partial charge in [-0.3, -0.25) is 14.8 Å². The van der Waals surface area contributed by atoms with Crippen LogP contribution in [0.2, 0.25) is 0 Å². The molecular formula is C26H31N3O4. The smallest absolute Gasteiger partial charge is 0.325 e. The molecule has 0 spiro atoms. The maximum atomic E-state index is 13.1. The van der Waals surface area contributed by atoms with Crippen LogP contribution in [0.1, 0.15) is 55.2 Å². The molecule has 2 fully saturated rings. The van der Waals surface area contributed by atoms with Gasteiger partial charge in [0.25, 0.3) is 11.8 Å². The molecule has 7 nitrogen and oxygen atoms in total. The second-order valence-electron chi connectivity index (χ2n) is 9.05. The molecule has 7 heteroatoms. The molecule has 0 aromatic heterocycles. The van der Waals surface area contributed by atoms with Gasteiger partial charge in [0.2, 0.25) is 0 Å². The molecule has 2 aromatic rings. The lowest BCUT2D eigenvalue weighted by molar-refractivity contribution is -0.143. The van der Waals surface area contributed by atoms with Gasteiger partial charge in [-0.25, -0.2) is 15.2 Å². The van der Waals surface area contributed by atoms with Crippen molar-refractivity contribution in [3.8, 4) is 0 Å². The van der Waals surface area contributed by atoms with E-state index in [9.17, 15) is 19.6 Å². The van der Waals surface area contributed by atoms with Crippen molar-refractivity contribution in [1.82, 2.24) is 15.7 Å². The lowest BCUT2D eigenvalue weighted by atomic mass is 9.83. The standard InChI is InChI=1S/C26H31N3O4/c30-24(28-33)23(21-9-5-2-6-10-21)29-25(31)22(27-26(29)32)16-15-18-11-13-20(14-12-18)17-19-7-3-1-4-8-19/h1,3-4,7-8,11-14,21-23,33H,2,5-6,9-10,15-17H2,(H,27,32)(H,28,30). The summed E-state index contributed by atoms with van der Waals surface area (Å²) in [6.07, 6.45) is 6.46. The molecule has 2 aromatic carbocycles. The Morgan fingerprint density at radius 1 is 0.970 bits per heavy atom. The summed E-state index contributed by atoms with van der Waals surface area (Å²) in [7, 11) is 0. The predicted molar refractivity (Wildman–Crippen MR) is 123 cm³/mol. The molecule has 4 rings (SSSR count). The maximum Gasteiger partial charge on any atom is 0.325 e. The van der Waals surface area contributed by atoms with Crippen LogP contribution in [0.15, 0.2) is 54.6 Å². The lowest BCUT2D eigenvalue weighted by Crippen LogP contribution is -2.53. The average molecular weight is 450 g/mol. The first-order chi connectivity index (χ1) is 16.1. The molecule has 4 amide bonds. The highest BCUT2D eigenvalue weighted by molar-refractivity contribution is 6.07. The maximum absolute atomic E-state index is 13.1. The number of carbonyl (C=O) groups excluding carboxylic acids is 3. The highest BCUT2D eigenvalue weighted by atomic mass is 16.5. The van der Waals surface area contributed by atoms with Crippen LogP contribution >= 0.6 is 0 Å². The molecule has 1 aliphatic heterocycles.